The standard InChI is InChI=1S/C33H47BN4O5.C26H40BN3O4.C23H33BN4O5.C7H9NO2.C4H11BO2/c1-21(2)16-24(20-35)30(40)36-15-11-10-14-26(37-22(3)39)31(41)38-29(17-23-12-8-7-9-13-23)34-42-28-19-25-18-27(32(25,4)5)33(28,6)43-34;1-17(31)29-20(12-8-9-13-28)24(32)30-23(14-18-10-6-5-7-11-18)27-33-22-16-19-15-21(25(19,2)3)26(22,4)34-27;1-16(2)13-19(15-25)22(30)26-12-8-7-11-20(27-17(3)29)23(31)28-21(24(32)33)14-18-9-5-4-6-10-18;1-5(2)3-6(4-8)7(9)10;1-4(2)3-5(6)7/h7-9,12-13,16,21,25-29H,10-11,14-15,17-19H2,1-6H3,(H,36,40)(H,37,39)(H,38,41);5-7,10-11,19-23H,8-9,12-16,28H2,1-4H3,(H,29,31)(H,30,32);4-6,9-10,13,16,20-21,32-33H,7-8,11-12,14H2,1-3H3,(H,26,30)(H,27,29)(H,28,31);3,5H,1-2H3,(H,9,10);4,6-7H,3H2,1-2H3/t25-,26-,27-,28+,29-,33-;19-,20-,21-,22+,23-,26-;20-,21-;;/m000../s1. The molecule has 2 saturated heterocycles. The molecule has 6 saturated carbocycles. The van der Waals surface area contributed by atoms with Crippen LogP contribution in [0.4, 0.5) is 0 Å². The van der Waals surface area contributed by atoms with Crippen molar-refractivity contribution in [3.63, 3.8) is 0 Å². The molecule has 0 unspecified atom stereocenters. The van der Waals surface area contributed by atoms with Crippen molar-refractivity contribution in [2.75, 3.05) is 19.6 Å². The van der Waals surface area contributed by atoms with Crippen LogP contribution in [0.25, 0.3) is 0 Å². The maximum absolute atomic E-state index is 13.7. The Bertz CT molecular complexity index is 4290. The molecular weight excluding hydrogens is 1620 g/mol. The van der Waals surface area contributed by atoms with Gasteiger partial charge in [0.25, 0.3) is 11.8 Å². The van der Waals surface area contributed by atoms with Crippen molar-refractivity contribution < 1.29 is 87.0 Å². The largest absolute Gasteiger partial charge is 0.482 e. The number of carbonyl (C=O) groups is 9. The molecule has 4 bridgehead atoms. The van der Waals surface area contributed by atoms with Gasteiger partial charge in [-0.2, -0.15) is 15.8 Å². The highest BCUT2D eigenvalue weighted by Crippen LogP contribution is 2.67. The first kappa shape index (κ1) is 108. The summed E-state index contributed by atoms with van der Waals surface area (Å²) in [5.41, 5.74) is 8.29. The van der Waals surface area contributed by atoms with Crippen LogP contribution in [0.3, 0.4) is 0 Å². The van der Waals surface area contributed by atoms with Gasteiger partial charge in [0, 0.05) is 33.9 Å². The molecule has 127 heavy (non-hydrogen) atoms. The Morgan fingerprint density at radius 2 is 0.811 bits per heavy atom. The molecule has 0 radical (unpaired) electrons. The Labute approximate surface area is 753 Å². The zero-order chi connectivity index (χ0) is 94.7. The van der Waals surface area contributed by atoms with Gasteiger partial charge in [-0.3, -0.25) is 38.4 Å². The molecule has 0 spiro atoms. The van der Waals surface area contributed by atoms with Crippen molar-refractivity contribution in [2.45, 2.75) is 286 Å². The number of nitrogens with two attached hydrogens (primary N) is 1. The third-order valence-electron chi connectivity index (χ3n) is 24.5. The van der Waals surface area contributed by atoms with Gasteiger partial charge >= 0.3 is 34.4 Å². The molecule has 15 N–H and O–H groups in total. The normalized spacial score (nSPS) is 22.1. The summed E-state index contributed by atoms with van der Waals surface area (Å²) in [6, 6.07) is 32.3. The van der Waals surface area contributed by atoms with E-state index in [1.165, 1.54) is 33.3 Å². The number of benzene rings is 3. The van der Waals surface area contributed by atoms with Gasteiger partial charge in [0.2, 0.25) is 35.4 Å². The molecule has 0 aromatic heterocycles. The first-order valence-electron chi connectivity index (χ1n) is 44.9. The Balaban J connectivity index is 0.000000311. The number of hydrogen-bond donors (Lipinski definition) is 14. The van der Waals surface area contributed by atoms with Gasteiger partial charge in [-0.15, -0.1) is 0 Å². The first-order chi connectivity index (χ1) is 59.8. The number of nitrogens with one attached hydrogen (secondary N) is 8. The second-order valence-corrected chi connectivity index (χ2v) is 37.3. The average Bonchev–Trinajstić information content (AvgIpc) is 1.62. The monoisotopic (exact) mass is 1760 g/mol. The van der Waals surface area contributed by atoms with E-state index >= 15 is 0 Å². The number of carboxylic acids is 1. The van der Waals surface area contributed by atoms with Crippen LogP contribution < -0.4 is 48.3 Å². The lowest BCUT2D eigenvalue weighted by atomic mass is 9.43. The number of carbonyl (C=O) groups excluding carboxylic acids is 8. The number of carboxylic acid groups (broad SMARTS) is 1. The third kappa shape index (κ3) is 34.1. The molecule has 3 aromatic rings. The molecule has 8 aliphatic rings. The summed E-state index contributed by atoms with van der Waals surface area (Å²) in [5.74, 6) is -2.87. The number of amides is 8. The smallest absolute Gasteiger partial charge is 0.477 e. The fraction of sp³-hybridized carbons (Fsp3) is 0.613. The molecule has 2 heterocycles. The van der Waals surface area contributed by atoms with Crippen molar-refractivity contribution in [3.8, 4) is 18.2 Å². The fourth-order valence-corrected chi connectivity index (χ4v) is 17.7. The van der Waals surface area contributed by atoms with Gasteiger partial charge in [-0.25, -0.2) is 4.79 Å². The van der Waals surface area contributed by atoms with Crippen molar-refractivity contribution in [1.29, 1.82) is 15.8 Å². The Kier molecular flexibility index (Phi) is 44.4. The first-order valence-corrected chi connectivity index (χ1v) is 44.9. The van der Waals surface area contributed by atoms with Gasteiger partial charge in [-0.1, -0.05) is 192 Å². The van der Waals surface area contributed by atoms with E-state index in [1.807, 2.05) is 146 Å². The molecule has 2 aliphatic heterocycles. The van der Waals surface area contributed by atoms with Crippen LogP contribution in [-0.4, -0.2) is 186 Å². The summed E-state index contributed by atoms with van der Waals surface area (Å²) in [7, 11) is -4.03. The summed E-state index contributed by atoms with van der Waals surface area (Å²) in [6.07, 6.45) is 15.8. The highest BCUT2D eigenvalue weighted by Gasteiger charge is 2.70. The van der Waals surface area contributed by atoms with Crippen LogP contribution >= 0.6 is 0 Å². The Morgan fingerprint density at radius 3 is 1.09 bits per heavy atom. The SMILES string of the molecule is CC(=O)N[C@@H](CCCCN)C(=O)N[C@@H](Cc1ccccc1)B1O[C@@H]2C[C@@H]3C[C@@H](C3(C)C)[C@]2(C)O1.CC(=O)N[C@@H](CCCCNC(=O)C(C#N)=CC(C)C)C(=O)N[C@@H](Cc1ccccc1)B(O)O.CC(=O)N[C@@H](CCCCNC(=O)C(C#N)=CC(C)C)C(=O)N[C@@H](Cc1ccccc1)B1O[C@@H]2C[C@@H]3C[C@@H](C3(C)C)[C@]2(C)O1.CC(C)C=C(C#N)C(=O)O.CC(C)CB(O)O. The van der Waals surface area contributed by atoms with Crippen molar-refractivity contribution in [2.24, 2.45) is 63.9 Å². The van der Waals surface area contributed by atoms with Gasteiger partial charge in [0.1, 0.15) is 53.1 Å². The Hall–Kier alpha value is -9.52. The predicted molar refractivity (Wildman–Crippen MR) is 489 cm³/mol. The summed E-state index contributed by atoms with van der Waals surface area (Å²) in [4.78, 5) is 110. The molecule has 30 nitrogen and oxygen atoms in total. The molecule has 34 heteroatoms. The minimum Gasteiger partial charge on any atom is -0.477 e. The van der Waals surface area contributed by atoms with E-state index in [2.05, 4.69) is 96.2 Å². The number of rotatable bonds is 40. The molecule has 14 atom stereocenters. The third-order valence-corrected chi connectivity index (χ3v) is 24.5. The zero-order valence-corrected chi connectivity index (χ0v) is 77.5. The maximum Gasteiger partial charge on any atom is 0.482 e. The van der Waals surface area contributed by atoms with E-state index in [4.69, 9.17) is 50.0 Å². The molecule has 692 valence electrons. The molecule has 8 fully saturated rings. The van der Waals surface area contributed by atoms with Crippen LogP contribution in [0.5, 0.6) is 0 Å². The number of aliphatic carboxylic acids is 1. The molecule has 11 rings (SSSR count). The van der Waals surface area contributed by atoms with Crippen LogP contribution in [0.1, 0.15) is 218 Å². The van der Waals surface area contributed by atoms with E-state index in [0.29, 0.717) is 113 Å². The quantitative estimate of drug-likeness (QED) is 0.0110. The van der Waals surface area contributed by atoms with E-state index in [0.717, 1.165) is 48.8 Å². The number of allylic oxidation sites excluding steroid dienone is 3. The minimum absolute atomic E-state index is 0.0114. The topological polar surface area (TPSA) is 485 Å². The highest BCUT2D eigenvalue weighted by atomic mass is 16.7. The summed E-state index contributed by atoms with van der Waals surface area (Å²) in [5, 5.41) is 93.4. The summed E-state index contributed by atoms with van der Waals surface area (Å²) >= 11 is 0. The number of nitriles is 3. The molecule has 8 amide bonds. The molecule has 3 aromatic carbocycles. The van der Waals surface area contributed by atoms with Crippen molar-refractivity contribution >= 4 is 81.7 Å². The second kappa shape index (κ2) is 52.2. The van der Waals surface area contributed by atoms with Crippen molar-refractivity contribution in [1.82, 2.24) is 42.5 Å². The summed E-state index contributed by atoms with van der Waals surface area (Å²) in [6.45, 7) is 34.1. The van der Waals surface area contributed by atoms with E-state index in [1.54, 1.807) is 18.2 Å². The number of nitrogens with zero attached hydrogens (tertiary/aromatic N) is 3. The van der Waals surface area contributed by atoms with Gasteiger partial charge in [-0.05, 0) is 204 Å². The van der Waals surface area contributed by atoms with Gasteiger partial charge in [0.05, 0.1) is 41.2 Å². The molecule has 6 aliphatic carbocycles. The number of unbranched alkanes of at least 4 members (excludes halogenated alkanes) is 3. The fourth-order valence-electron chi connectivity index (χ4n) is 17.7. The van der Waals surface area contributed by atoms with Crippen LogP contribution in [0, 0.1) is 92.2 Å². The summed E-state index contributed by atoms with van der Waals surface area (Å²) < 4.78 is 26.5. The van der Waals surface area contributed by atoms with Crippen LogP contribution in [0.2, 0.25) is 6.32 Å². The van der Waals surface area contributed by atoms with Crippen LogP contribution in [-0.2, 0) is 81.0 Å². The van der Waals surface area contributed by atoms with Crippen LogP contribution in [0.15, 0.2) is 126 Å². The lowest BCUT2D eigenvalue weighted by molar-refractivity contribution is -0.199. The van der Waals surface area contributed by atoms with E-state index in [-0.39, 0.29) is 105 Å². The Morgan fingerprint density at radius 1 is 0.480 bits per heavy atom. The van der Waals surface area contributed by atoms with E-state index < -0.39 is 87.8 Å². The average molecular weight is 1760 g/mol. The second-order valence-electron chi connectivity index (χ2n) is 37.3. The minimum atomic E-state index is -1.77. The van der Waals surface area contributed by atoms with Gasteiger partial charge in [0.15, 0.2) is 0 Å². The lowest BCUT2D eigenvalue weighted by Gasteiger charge is -2.64. The highest BCUT2D eigenvalue weighted by molar-refractivity contribution is 6.48. The lowest BCUT2D eigenvalue weighted by Crippen LogP contribution is -2.65. The predicted octanol–water partition coefficient (Wildman–Crippen LogP) is 8.41. The number of hydrogen-bond acceptors (Lipinski definition) is 21. The van der Waals surface area contributed by atoms with Gasteiger partial charge < -0.3 is 92.1 Å². The van der Waals surface area contributed by atoms with Crippen molar-refractivity contribution in [3.05, 3.63) is 143 Å². The molecular formula is C93H140B4N12O18. The zero-order valence-electron chi connectivity index (χ0n) is 77.5. The maximum atomic E-state index is 13.7. The van der Waals surface area contributed by atoms with E-state index in [9.17, 15) is 58.5 Å².